The molecule has 0 spiro atoms. The van der Waals surface area contributed by atoms with Crippen LogP contribution in [-0.4, -0.2) is 23.3 Å². The third-order valence-corrected chi connectivity index (χ3v) is 4.96. The van der Waals surface area contributed by atoms with Crippen molar-refractivity contribution in [3.05, 3.63) is 84.2 Å². The Morgan fingerprint density at radius 2 is 1.63 bits per heavy atom. The molecule has 4 aromatic rings. The number of ether oxygens (including phenoxy) is 3. The van der Waals surface area contributed by atoms with Gasteiger partial charge in [-0.3, -0.25) is 0 Å². The van der Waals surface area contributed by atoms with E-state index in [-0.39, 0.29) is 0 Å². The minimum Gasteiger partial charge on any atom is -0.497 e. The number of nitrogens with zero attached hydrogens (tertiary/aromatic N) is 2. The Morgan fingerprint density at radius 3 is 2.47 bits per heavy atom. The van der Waals surface area contributed by atoms with E-state index in [0.29, 0.717) is 13.2 Å². The van der Waals surface area contributed by atoms with Gasteiger partial charge in [0.25, 0.3) is 0 Å². The van der Waals surface area contributed by atoms with Crippen LogP contribution in [0.1, 0.15) is 17.8 Å². The van der Waals surface area contributed by atoms with Crippen LogP contribution in [0, 0.1) is 6.92 Å². The summed E-state index contributed by atoms with van der Waals surface area (Å²) >= 11 is 0. The van der Waals surface area contributed by atoms with E-state index in [1.807, 2.05) is 66.7 Å². The highest BCUT2D eigenvalue weighted by Crippen LogP contribution is 2.21. The zero-order valence-corrected chi connectivity index (χ0v) is 17.4. The number of hydrogen-bond acceptors (Lipinski definition) is 4. The van der Waals surface area contributed by atoms with Crippen molar-refractivity contribution in [2.75, 3.05) is 13.7 Å². The third-order valence-electron chi connectivity index (χ3n) is 4.96. The van der Waals surface area contributed by atoms with E-state index in [0.717, 1.165) is 47.1 Å². The molecule has 0 saturated carbocycles. The first-order valence-corrected chi connectivity index (χ1v) is 10.1. The molecule has 0 amide bonds. The Bertz CT molecular complexity index is 1100. The lowest BCUT2D eigenvalue weighted by Crippen LogP contribution is -2.10. The van der Waals surface area contributed by atoms with Gasteiger partial charge in [0.05, 0.1) is 24.8 Å². The van der Waals surface area contributed by atoms with Gasteiger partial charge in [-0.1, -0.05) is 35.9 Å². The minimum absolute atomic E-state index is 0.425. The van der Waals surface area contributed by atoms with Crippen LogP contribution in [0.2, 0.25) is 0 Å². The van der Waals surface area contributed by atoms with Crippen LogP contribution in [0.25, 0.3) is 11.0 Å². The average molecular weight is 402 g/mol. The van der Waals surface area contributed by atoms with Crippen LogP contribution in [-0.2, 0) is 13.2 Å². The van der Waals surface area contributed by atoms with E-state index in [4.69, 9.17) is 19.2 Å². The zero-order valence-electron chi connectivity index (χ0n) is 17.4. The smallest absolute Gasteiger partial charge is 0.147 e. The predicted octanol–water partition coefficient (Wildman–Crippen LogP) is 5.40. The van der Waals surface area contributed by atoms with Crippen molar-refractivity contribution in [1.29, 1.82) is 0 Å². The van der Waals surface area contributed by atoms with Gasteiger partial charge in [0.1, 0.15) is 29.7 Å². The number of aryl methyl sites for hydroxylation is 2. The first-order chi connectivity index (χ1) is 14.7. The molecular formula is C25H26N2O3. The van der Waals surface area contributed by atoms with E-state index in [2.05, 4.69) is 17.6 Å². The van der Waals surface area contributed by atoms with Crippen LogP contribution in [0.4, 0.5) is 0 Å². The monoisotopic (exact) mass is 402 g/mol. The summed E-state index contributed by atoms with van der Waals surface area (Å²) in [5, 5.41) is 0. The largest absolute Gasteiger partial charge is 0.497 e. The molecule has 0 aliphatic rings. The maximum absolute atomic E-state index is 5.99. The van der Waals surface area contributed by atoms with Gasteiger partial charge in [0.15, 0.2) is 0 Å². The highest BCUT2D eigenvalue weighted by molar-refractivity contribution is 5.75. The van der Waals surface area contributed by atoms with E-state index < -0.39 is 0 Å². The fraction of sp³-hybridized carbons (Fsp3) is 0.240. The molecule has 0 aliphatic heterocycles. The summed E-state index contributed by atoms with van der Waals surface area (Å²) in [6.45, 7) is 3.90. The quantitative estimate of drug-likeness (QED) is 0.352. The second kappa shape index (κ2) is 9.35. The molecule has 5 nitrogen and oxygen atoms in total. The SMILES string of the molecule is COc1cccc(OCCCn2c(COc3ccc(C)cc3)nc3ccccc32)c1. The molecule has 0 fully saturated rings. The topological polar surface area (TPSA) is 45.5 Å². The number of benzene rings is 3. The fourth-order valence-electron chi connectivity index (χ4n) is 3.37. The number of rotatable bonds is 9. The van der Waals surface area contributed by atoms with E-state index in [1.165, 1.54) is 5.56 Å². The van der Waals surface area contributed by atoms with E-state index in [9.17, 15) is 0 Å². The average Bonchev–Trinajstić information content (AvgIpc) is 3.14. The van der Waals surface area contributed by atoms with Crippen molar-refractivity contribution in [3.8, 4) is 17.2 Å². The molecule has 0 unspecified atom stereocenters. The summed E-state index contributed by atoms with van der Waals surface area (Å²) in [4.78, 5) is 4.79. The molecule has 0 radical (unpaired) electrons. The Morgan fingerprint density at radius 1 is 0.833 bits per heavy atom. The summed E-state index contributed by atoms with van der Waals surface area (Å²) in [6.07, 6.45) is 0.856. The van der Waals surface area contributed by atoms with Crippen molar-refractivity contribution in [2.45, 2.75) is 26.5 Å². The van der Waals surface area contributed by atoms with Crippen molar-refractivity contribution in [2.24, 2.45) is 0 Å². The normalized spacial score (nSPS) is 10.9. The lowest BCUT2D eigenvalue weighted by molar-refractivity contribution is 0.280. The standard InChI is InChI=1S/C25H26N2O3/c1-19-11-13-20(14-12-19)30-18-25-26-23-9-3-4-10-24(23)27(25)15-6-16-29-22-8-5-7-21(17-22)28-2/h3-5,7-14,17H,6,15-16,18H2,1-2H3. The highest BCUT2D eigenvalue weighted by atomic mass is 16.5. The fourth-order valence-corrected chi connectivity index (χ4v) is 3.37. The number of methoxy groups -OCH3 is 1. The number of imidazole rings is 1. The van der Waals surface area contributed by atoms with Gasteiger partial charge in [-0.25, -0.2) is 4.98 Å². The summed E-state index contributed by atoms with van der Waals surface area (Å²) in [6, 6.07) is 23.9. The molecule has 5 heteroatoms. The Labute approximate surface area is 176 Å². The number of hydrogen-bond donors (Lipinski definition) is 0. The molecule has 0 saturated heterocycles. The summed E-state index contributed by atoms with van der Waals surface area (Å²) in [7, 11) is 1.66. The van der Waals surface area contributed by atoms with Crippen molar-refractivity contribution in [3.63, 3.8) is 0 Å². The summed E-state index contributed by atoms with van der Waals surface area (Å²) in [5.74, 6) is 3.37. The number of aromatic nitrogens is 2. The van der Waals surface area contributed by atoms with Gasteiger partial charge >= 0.3 is 0 Å². The predicted molar refractivity (Wildman–Crippen MR) is 118 cm³/mol. The van der Waals surface area contributed by atoms with Gasteiger partial charge in [-0.05, 0) is 49.7 Å². The van der Waals surface area contributed by atoms with Gasteiger partial charge in [0.2, 0.25) is 0 Å². The van der Waals surface area contributed by atoms with Crippen LogP contribution in [0.5, 0.6) is 17.2 Å². The first kappa shape index (κ1) is 19.8. The molecule has 1 heterocycles. The molecule has 0 atom stereocenters. The summed E-state index contributed by atoms with van der Waals surface area (Å²) < 4.78 is 19.4. The van der Waals surface area contributed by atoms with Crippen LogP contribution in [0.15, 0.2) is 72.8 Å². The molecule has 0 aliphatic carbocycles. The lowest BCUT2D eigenvalue weighted by Gasteiger charge is -2.12. The zero-order chi connectivity index (χ0) is 20.8. The van der Waals surface area contributed by atoms with Crippen LogP contribution >= 0.6 is 0 Å². The molecule has 3 aromatic carbocycles. The molecule has 30 heavy (non-hydrogen) atoms. The molecule has 1 aromatic heterocycles. The Kier molecular flexibility index (Phi) is 6.18. The minimum atomic E-state index is 0.425. The molecule has 4 rings (SSSR count). The van der Waals surface area contributed by atoms with Gasteiger partial charge in [-0.2, -0.15) is 0 Å². The van der Waals surface area contributed by atoms with Gasteiger partial charge < -0.3 is 18.8 Å². The number of fused-ring (bicyclic) bond motifs is 1. The Hall–Kier alpha value is -3.47. The Balaban J connectivity index is 1.42. The van der Waals surface area contributed by atoms with Crippen LogP contribution < -0.4 is 14.2 Å². The number of para-hydroxylation sites is 2. The molecule has 0 N–H and O–H groups in total. The van der Waals surface area contributed by atoms with Crippen molar-refractivity contribution in [1.82, 2.24) is 9.55 Å². The second-order valence-corrected chi connectivity index (χ2v) is 7.15. The second-order valence-electron chi connectivity index (χ2n) is 7.15. The maximum atomic E-state index is 5.99. The van der Waals surface area contributed by atoms with Gasteiger partial charge in [0, 0.05) is 12.6 Å². The molecule has 0 bridgehead atoms. The van der Waals surface area contributed by atoms with Crippen molar-refractivity contribution >= 4 is 11.0 Å². The molecule has 154 valence electrons. The van der Waals surface area contributed by atoms with Crippen molar-refractivity contribution < 1.29 is 14.2 Å². The third kappa shape index (κ3) is 4.74. The van der Waals surface area contributed by atoms with E-state index >= 15 is 0 Å². The first-order valence-electron chi connectivity index (χ1n) is 10.1. The maximum Gasteiger partial charge on any atom is 0.147 e. The lowest BCUT2D eigenvalue weighted by atomic mass is 10.2. The van der Waals surface area contributed by atoms with Crippen LogP contribution in [0.3, 0.4) is 0 Å². The summed E-state index contributed by atoms with van der Waals surface area (Å²) in [5.41, 5.74) is 3.31. The molecular weight excluding hydrogens is 376 g/mol. The van der Waals surface area contributed by atoms with Gasteiger partial charge in [-0.15, -0.1) is 0 Å². The van der Waals surface area contributed by atoms with E-state index in [1.54, 1.807) is 7.11 Å². The highest BCUT2D eigenvalue weighted by Gasteiger charge is 2.11.